The minimum Gasteiger partial charge on any atom is -0.452 e. The summed E-state index contributed by atoms with van der Waals surface area (Å²) < 4.78 is 31.9. The van der Waals surface area contributed by atoms with Crippen LogP contribution in [-0.2, 0) is 19.6 Å². The largest absolute Gasteiger partial charge is 0.452 e. The first-order valence-electron chi connectivity index (χ1n) is 8.43. The molecule has 1 amide bonds. The smallest absolute Gasteiger partial charge is 0.338 e. The molecule has 0 bridgehead atoms. The number of aromatic nitrogens is 3. The van der Waals surface area contributed by atoms with Gasteiger partial charge in [0.05, 0.1) is 10.5 Å². The van der Waals surface area contributed by atoms with Gasteiger partial charge in [0.25, 0.3) is 15.9 Å². The Morgan fingerprint density at radius 1 is 0.968 bits per heavy atom. The third-order valence-electron chi connectivity index (χ3n) is 3.62. The Kier molecular flexibility index (Phi) is 7.00. The van der Waals surface area contributed by atoms with Gasteiger partial charge in [0, 0.05) is 11.9 Å². The average Bonchev–Trinajstić information content (AvgIpc) is 2.74. The van der Waals surface area contributed by atoms with E-state index in [9.17, 15) is 18.0 Å². The summed E-state index contributed by atoms with van der Waals surface area (Å²) in [5.74, 6) is -1.35. The van der Waals surface area contributed by atoms with E-state index in [2.05, 4.69) is 25.2 Å². The molecule has 0 atom stereocenters. The highest BCUT2D eigenvalue weighted by molar-refractivity contribution is 7.92. The molecule has 2 aromatic heterocycles. The molecule has 10 nitrogen and oxygen atoms in total. The zero-order valence-corrected chi connectivity index (χ0v) is 17.8. The molecule has 160 valence electrons. The van der Waals surface area contributed by atoms with Crippen molar-refractivity contribution >= 4 is 56.6 Å². The lowest BCUT2D eigenvalue weighted by atomic mass is 10.3. The number of rotatable bonds is 7. The summed E-state index contributed by atoms with van der Waals surface area (Å²) in [5.41, 5.74) is 0.457. The zero-order valence-electron chi connectivity index (χ0n) is 15.5. The highest BCUT2D eigenvalue weighted by Gasteiger charge is 2.16. The molecule has 1 aromatic carbocycles. The normalized spacial score (nSPS) is 10.9. The highest BCUT2D eigenvalue weighted by Crippen LogP contribution is 2.17. The fourth-order valence-electron chi connectivity index (χ4n) is 2.23. The van der Waals surface area contributed by atoms with E-state index in [0.717, 1.165) is 0 Å². The number of hydrogen-bond donors (Lipinski definition) is 2. The van der Waals surface area contributed by atoms with Crippen LogP contribution in [0.3, 0.4) is 0 Å². The van der Waals surface area contributed by atoms with Crippen LogP contribution >= 0.6 is 23.2 Å². The topological polar surface area (TPSA) is 140 Å². The zero-order chi connectivity index (χ0) is 22.4. The van der Waals surface area contributed by atoms with Gasteiger partial charge in [0.15, 0.2) is 17.6 Å². The predicted molar refractivity (Wildman–Crippen MR) is 112 cm³/mol. The van der Waals surface area contributed by atoms with Crippen LogP contribution in [0.15, 0.2) is 59.6 Å². The first kappa shape index (κ1) is 22.4. The SMILES string of the molecule is O=C(COC(=O)c1ccnc(Cl)c1)Nc1ccc(S(=O)(=O)Nc2ccc(Cl)nn2)cc1. The summed E-state index contributed by atoms with van der Waals surface area (Å²) in [6, 6.07) is 10.8. The van der Waals surface area contributed by atoms with Crippen molar-refractivity contribution in [3.05, 3.63) is 70.6 Å². The fourth-order valence-corrected chi connectivity index (χ4v) is 3.50. The minimum atomic E-state index is -3.92. The number of ether oxygens (including phenoxy) is 1. The number of amides is 1. The minimum absolute atomic E-state index is 0.000852. The van der Waals surface area contributed by atoms with Gasteiger partial charge in [-0.15, -0.1) is 10.2 Å². The van der Waals surface area contributed by atoms with Gasteiger partial charge in [-0.2, -0.15) is 0 Å². The van der Waals surface area contributed by atoms with E-state index >= 15 is 0 Å². The van der Waals surface area contributed by atoms with Crippen molar-refractivity contribution in [2.45, 2.75) is 4.90 Å². The molecule has 2 heterocycles. The summed E-state index contributed by atoms with van der Waals surface area (Å²) in [6.07, 6.45) is 1.34. The van der Waals surface area contributed by atoms with Crippen molar-refractivity contribution < 1.29 is 22.7 Å². The lowest BCUT2D eigenvalue weighted by Gasteiger charge is -2.09. The monoisotopic (exact) mass is 481 g/mol. The van der Waals surface area contributed by atoms with Gasteiger partial charge in [0.2, 0.25) is 0 Å². The molecule has 0 aliphatic rings. The summed E-state index contributed by atoms with van der Waals surface area (Å²) in [5, 5.41) is 9.91. The van der Waals surface area contributed by atoms with E-state index in [1.165, 1.54) is 54.7 Å². The maximum Gasteiger partial charge on any atom is 0.338 e. The van der Waals surface area contributed by atoms with Crippen molar-refractivity contribution in [3.63, 3.8) is 0 Å². The first-order chi connectivity index (χ1) is 14.7. The van der Waals surface area contributed by atoms with E-state index in [0.29, 0.717) is 5.69 Å². The molecule has 0 aliphatic carbocycles. The van der Waals surface area contributed by atoms with Crippen LogP contribution in [-0.4, -0.2) is 42.1 Å². The number of benzene rings is 1. The maximum atomic E-state index is 12.4. The molecule has 0 unspecified atom stereocenters. The van der Waals surface area contributed by atoms with Gasteiger partial charge in [-0.05, 0) is 48.5 Å². The number of carbonyl (C=O) groups excluding carboxylic acids is 2. The van der Waals surface area contributed by atoms with Crippen molar-refractivity contribution in [2.75, 3.05) is 16.6 Å². The molecule has 0 saturated carbocycles. The summed E-state index contributed by atoms with van der Waals surface area (Å²) in [6.45, 7) is -0.546. The van der Waals surface area contributed by atoms with E-state index in [-0.39, 0.29) is 26.6 Å². The lowest BCUT2D eigenvalue weighted by Crippen LogP contribution is -2.21. The van der Waals surface area contributed by atoms with Crippen molar-refractivity contribution in [3.8, 4) is 0 Å². The Bertz CT molecular complexity index is 1200. The summed E-state index contributed by atoms with van der Waals surface area (Å²) in [4.78, 5) is 27.6. The van der Waals surface area contributed by atoms with E-state index in [4.69, 9.17) is 27.9 Å². The Hall–Kier alpha value is -3.28. The molecule has 3 aromatic rings. The molecular formula is C18H13Cl2N5O5S. The second-order valence-electron chi connectivity index (χ2n) is 5.86. The number of pyridine rings is 1. The molecule has 3 rings (SSSR count). The summed E-state index contributed by atoms with van der Waals surface area (Å²) >= 11 is 11.3. The number of hydrogen-bond acceptors (Lipinski definition) is 8. The number of nitrogens with one attached hydrogen (secondary N) is 2. The third-order valence-corrected chi connectivity index (χ3v) is 5.39. The number of carbonyl (C=O) groups is 2. The van der Waals surface area contributed by atoms with Crippen LogP contribution < -0.4 is 10.0 Å². The molecule has 0 radical (unpaired) electrons. The maximum absolute atomic E-state index is 12.4. The van der Waals surface area contributed by atoms with Gasteiger partial charge >= 0.3 is 5.97 Å². The molecular weight excluding hydrogens is 469 g/mol. The van der Waals surface area contributed by atoms with E-state index in [1.54, 1.807) is 0 Å². The number of halogens is 2. The van der Waals surface area contributed by atoms with Gasteiger partial charge in [-0.3, -0.25) is 9.52 Å². The Labute approximate surface area is 186 Å². The highest BCUT2D eigenvalue weighted by atomic mass is 35.5. The van der Waals surface area contributed by atoms with Crippen LogP contribution in [0, 0.1) is 0 Å². The van der Waals surface area contributed by atoms with Crippen LogP contribution in [0.25, 0.3) is 0 Å². The number of sulfonamides is 1. The van der Waals surface area contributed by atoms with Gasteiger partial charge in [-0.1, -0.05) is 23.2 Å². The van der Waals surface area contributed by atoms with Crippen LogP contribution in [0.1, 0.15) is 10.4 Å². The third kappa shape index (κ3) is 6.35. The van der Waals surface area contributed by atoms with E-state index < -0.39 is 28.5 Å². The predicted octanol–water partition coefficient (Wildman–Crippen LogP) is 2.77. The van der Waals surface area contributed by atoms with Crippen molar-refractivity contribution in [1.29, 1.82) is 0 Å². The van der Waals surface area contributed by atoms with Crippen LogP contribution in [0.5, 0.6) is 0 Å². The standard InChI is InChI=1S/C18H13Cl2N5O5S/c19-14-5-6-16(24-23-14)25-31(28,29)13-3-1-12(2-4-13)22-17(26)10-30-18(27)11-7-8-21-15(20)9-11/h1-9H,10H2,(H,22,26)(H,24,25). The lowest BCUT2D eigenvalue weighted by molar-refractivity contribution is -0.119. The summed E-state index contributed by atoms with van der Waals surface area (Å²) in [7, 11) is -3.92. The fraction of sp³-hybridized carbons (Fsp3) is 0.0556. The number of nitrogens with zero attached hydrogens (tertiary/aromatic N) is 3. The van der Waals surface area contributed by atoms with Crippen molar-refractivity contribution in [1.82, 2.24) is 15.2 Å². The van der Waals surface area contributed by atoms with Gasteiger partial charge < -0.3 is 10.1 Å². The van der Waals surface area contributed by atoms with Gasteiger partial charge in [-0.25, -0.2) is 18.2 Å². The molecule has 2 N–H and O–H groups in total. The molecule has 0 saturated heterocycles. The Balaban J connectivity index is 1.56. The molecule has 0 fully saturated rings. The second kappa shape index (κ2) is 9.69. The molecule has 0 spiro atoms. The Morgan fingerprint density at radius 2 is 1.71 bits per heavy atom. The quantitative estimate of drug-likeness (QED) is 0.387. The molecule has 31 heavy (non-hydrogen) atoms. The number of esters is 1. The molecule has 0 aliphatic heterocycles. The van der Waals surface area contributed by atoms with Gasteiger partial charge in [0.1, 0.15) is 5.15 Å². The van der Waals surface area contributed by atoms with E-state index in [1.807, 2.05) is 0 Å². The first-order valence-corrected chi connectivity index (χ1v) is 10.7. The second-order valence-corrected chi connectivity index (χ2v) is 8.32. The number of anilines is 2. The van der Waals surface area contributed by atoms with Crippen molar-refractivity contribution in [2.24, 2.45) is 0 Å². The van der Waals surface area contributed by atoms with Crippen LogP contribution in [0.2, 0.25) is 10.3 Å². The molecule has 13 heteroatoms. The van der Waals surface area contributed by atoms with Crippen LogP contribution in [0.4, 0.5) is 11.5 Å². The Morgan fingerprint density at radius 3 is 2.35 bits per heavy atom. The average molecular weight is 482 g/mol.